The Kier molecular flexibility index (Phi) is 5.04. The first-order chi connectivity index (χ1) is 8.44. The zero-order valence-corrected chi connectivity index (χ0v) is 10.9. The molecule has 0 unspecified atom stereocenters. The maximum atomic E-state index is 10.7. The molecule has 1 heterocycles. The third kappa shape index (κ3) is 5.10. The molecular formula is C8H15N5O4S. The molecule has 0 saturated heterocycles. The number of aromatic nitrogens is 3. The molecule has 0 bridgehead atoms. The van der Waals surface area contributed by atoms with Crippen molar-refractivity contribution in [3.63, 3.8) is 0 Å². The summed E-state index contributed by atoms with van der Waals surface area (Å²) in [4.78, 5) is 11.7. The number of rotatable bonds is 7. The normalized spacial score (nSPS) is 11.1. The second kappa shape index (κ2) is 6.31. The van der Waals surface area contributed by atoms with E-state index in [0.717, 1.165) is 0 Å². The Labute approximate surface area is 105 Å². The summed E-state index contributed by atoms with van der Waals surface area (Å²) in [5.41, 5.74) is 0. The lowest BCUT2D eigenvalue weighted by Gasteiger charge is -2.06. The van der Waals surface area contributed by atoms with Crippen LogP contribution in [0.4, 0.5) is 5.95 Å². The van der Waals surface area contributed by atoms with Crippen LogP contribution >= 0.6 is 0 Å². The highest BCUT2D eigenvalue weighted by Gasteiger charge is 2.07. The number of nitrogens with one attached hydrogen (secondary N) is 1. The fraction of sp³-hybridized carbons (Fsp3) is 0.625. The highest BCUT2D eigenvalue weighted by molar-refractivity contribution is 7.89. The maximum Gasteiger partial charge on any atom is 0.324 e. The average Bonchev–Trinajstić information content (AvgIpc) is 2.33. The van der Waals surface area contributed by atoms with Crippen molar-refractivity contribution in [1.29, 1.82) is 0 Å². The quantitative estimate of drug-likeness (QED) is 0.606. The third-order valence-electron chi connectivity index (χ3n) is 1.85. The zero-order chi connectivity index (χ0) is 13.6. The molecule has 0 aliphatic heterocycles. The molecule has 0 aliphatic rings. The molecule has 0 aromatic carbocycles. The fourth-order valence-corrected chi connectivity index (χ4v) is 1.62. The Bertz CT molecular complexity index is 470. The van der Waals surface area contributed by atoms with Gasteiger partial charge in [-0.1, -0.05) is 0 Å². The van der Waals surface area contributed by atoms with Crippen molar-refractivity contribution in [2.24, 2.45) is 5.14 Å². The van der Waals surface area contributed by atoms with Crippen LogP contribution in [-0.2, 0) is 10.0 Å². The SMILES string of the molecule is COc1nc(NCCCS(N)(=O)=O)nc(OC)n1. The molecule has 0 radical (unpaired) electrons. The molecule has 1 rings (SSSR count). The van der Waals surface area contributed by atoms with Crippen molar-refractivity contribution in [1.82, 2.24) is 15.0 Å². The molecule has 0 aliphatic carbocycles. The summed E-state index contributed by atoms with van der Waals surface area (Å²) in [6.45, 7) is 0.354. The molecule has 9 nitrogen and oxygen atoms in total. The van der Waals surface area contributed by atoms with Crippen LogP contribution in [0.15, 0.2) is 0 Å². The first-order valence-corrected chi connectivity index (χ1v) is 6.74. The fourth-order valence-electron chi connectivity index (χ4n) is 1.07. The van der Waals surface area contributed by atoms with Gasteiger partial charge in [0, 0.05) is 6.54 Å². The van der Waals surface area contributed by atoms with E-state index in [2.05, 4.69) is 20.3 Å². The van der Waals surface area contributed by atoms with E-state index in [1.165, 1.54) is 14.2 Å². The average molecular weight is 277 g/mol. The number of hydrogen-bond donors (Lipinski definition) is 2. The van der Waals surface area contributed by atoms with E-state index in [1.54, 1.807) is 0 Å². The van der Waals surface area contributed by atoms with Gasteiger partial charge >= 0.3 is 12.0 Å². The molecule has 0 atom stereocenters. The van der Waals surface area contributed by atoms with Gasteiger partial charge in [0.15, 0.2) is 0 Å². The van der Waals surface area contributed by atoms with Crippen LogP contribution in [0.2, 0.25) is 0 Å². The van der Waals surface area contributed by atoms with E-state index >= 15 is 0 Å². The Hall–Kier alpha value is -1.68. The summed E-state index contributed by atoms with van der Waals surface area (Å²) in [6, 6.07) is 0.214. The highest BCUT2D eigenvalue weighted by Crippen LogP contribution is 2.11. The number of nitrogens with zero attached hydrogens (tertiary/aromatic N) is 3. The van der Waals surface area contributed by atoms with E-state index in [-0.39, 0.29) is 23.7 Å². The second-order valence-electron chi connectivity index (χ2n) is 3.28. The first kappa shape index (κ1) is 14.4. The number of primary sulfonamides is 1. The van der Waals surface area contributed by atoms with Gasteiger partial charge in [0.1, 0.15) is 0 Å². The lowest BCUT2D eigenvalue weighted by Crippen LogP contribution is -2.19. The number of hydrogen-bond acceptors (Lipinski definition) is 8. The zero-order valence-electron chi connectivity index (χ0n) is 10.1. The van der Waals surface area contributed by atoms with Crippen LogP contribution in [0.25, 0.3) is 0 Å². The van der Waals surface area contributed by atoms with Crippen LogP contribution in [0.5, 0.6) is 12.0 Å². The van der Waals surface area contributed by atoms with Crippen LogP contribution in [0, 0.1) is 0 Å². The van der Waals surface area contributed by atoms with E-state index in [4.69, 9.17) is 14.6 Å². The van der Waals surface area contributed by atoms with E-state index < -0.39 is 10.0 Å². The molecule has 1 aromatic heterocycles. The number of nitrogens with two attached hydrogens (primary N) is 1. The van der Waals surface area contributed by atoms with Gasteiger partial charge in [-0.2, -0.15) is 9.97 Å². The van der Waals surface area contributed by atoms with Crippen LogP contribution < -0.4 is 19.9 Å². The van der Waals surface area contributed by atoms with Crippen LogP contribution in [-0.4, -0.2) is 49.9 Å². The molecule has 1 aromatic rings. The van der Waals surface area contributed by atoms with E-state index in [1.807, 2.05) is 0 Å². The molecular weight excluding hydrogens is 262 g/mol. The molecule has 3 N–H and O–H groups in total. The van der Waals surface area contributed by atoms with Gasteiger partial charge in [0.05, 0.1) is 20.0 Å². The van der Waals surface area contributed by atoms with Gasteiger partial charge in [0.25, 0.3) is 0 Å². The number of methoxy groups -OCH3 is 2. The van der Waals surface area contributed by atoms with Crippen molar-refractivity contribution in [2.75, 3.05) is 31.8 Å². The third-order valence-corrected chi connectivity index (χ3v) is 2.71. The topological polar surface area (TPSA) is 129 Å². The van der Waals surface area contributed by atoms with Crippen molar-refractivity contribution in [3.05, 3.63) is 0 Å². The van der Waals surface area contributed by atoms with Gasteiger partial charge in [-0.3, -0.25) is 0 Å². The second-order valence-corrected chi connectivity index (χ2v) is 5.01. The molecule has 0 spiro atoms. The van der Waals surface area contributed by atoms with Crippen LogP contribution in [0.1, 0.15) is 6.42 Å². The summed E-state index contributed by atoms with van der Waals surface area (Å²) in [5.74, 6) is 0.132. The predicted octanol–water partition coefficient (Wildman–Crippen LogP) is -1.02. The summed E-state index contributed by atoms with van der Waals surface area (Å²) < 4.78 is 31.1. The standard InChI is InChI=1S/C8H15N5O4S/c1-16-7-11-6(12-8(13-7)17-2)10-4-3-5-18(9,14)15/h3-5H2,1-2H3,(H2,9,14,15)(H,10,11,12,13). The van der Waals surface area contributed by atoms with Gasteiger partial charge in [-0.15, -0.1) is 4.98 Å². The minimum absolute atomic E-state index is 0.107. The smallest absolute Gasteiger partial charge is 0.324 e. The maximum absolute atomic E-state index is 10.7. The summed E-state index contributed by atoms with van der Waals surface area (Å²) in [7, 11) is -0.614. The molecule has 0 saturated carbocycles. The number of sulfonamides is 1. The molecule has 102 valence electrons. The Morgan fingerprint density at radius 3 is 2.17 bits per heavy atom. The Balaban J connectivity index is 2.56. The monoisotopic (exact) mass is 277 g/mol. The lowest BCUT2D eigenvalue weighted by molar-refractivity contribution is 0.341. The molecule has 0 fully saturated rings. The number of ether oxygens (including phenoxy) is 2. The Morgan fingerprint density at radius 1 is 1.17 bits per heavy atom. The van der Waals surface area contributed by atoms with Gasteiger partial charge in [-0.05, 0) is 6.42 Å². The lowest BCUT2D eigenvalue weighted by atomic mass is 10.5. The first-order valence-electron chi connectivity index (χ1n) is 5.03. The van der Waals surface area contributed by atoms with Crippen molar-refractivity contribution in [2.45, 2.75) is 6.42 Å². The van der Waals surface area contributed by atoms with E-state index in [9.17, 15) is 8.42 Å². The molecule has 10 heteroatoms. The number of anilines is 1. The van der Waals surface area contributed by atoms with Crippen LogP contribution in [0.3, 0.4) is 0 Å². The largest absolute Gasteiger partial charge is 0.467 e. The Morgan fingerprint density at radius 2 is 1.72 bits per heavy atom. The molecule has 0 amide bonds. The van der Waals surface area contributed by atoms with Crippen molar-refractivity contribution >= 4 is 16.0 Å². The highest BCUT2D eigenvalue weighted by atomic mass is 32.2. The summed E-state index contributed by atoms with van der Waals surface area (Å²) in [5, 5.41) is 7.69. The predicted molar refractivity (Wildman–Crippen MR) is 64.0 cm³/mol. The van der Waals surface area contributed by atoms with Gasteiger partial charge < -0.3 is 14.8 Å². The summed E-state index contributed by atoms with van der Waals surface area (Å²) >= 11 is 0. The minimum Gasteiger partial charge on any atom is -0.467 e. The van der Waals surface area contributed by atoms with Gasteiger partial charge in [0.2, 0.25) is 16.0 Å². The van der Waals surface area contributed by atoms with E-state index in [0.29, 0.717) is 13.0 Å². The minimum atomic E-state index is -3.45. The van der Waals surface area contributed by atoms with Crippen molar-refractivity contribution in [3.8, 4) is 12.0 Å². The summed E-state index contributed by atoms with van der Waals surface area (Å²) in [6.07, 6.45) is 0.342. The van der Waals surface area contributed by atoms with Gasteiger partial charge in [-0.25, -0.2) is 13.6 Å². The van der Waals surface area contributed by atoms with Crippen molar-refractivity contribution < 1.29 is 17.9 Å². The molecule has 18 heavy (non-hydrogen) atoms.